The third-order valence-corrected chi connectivity index (χ3v) is 9.55. The zero-order valence-electron chi connectivity index (χ0n) is 21.6. The summed E-state index contributed by atoms with van der Waals surface area (Å²) in [4.78, 5) is 7.14. The van der Waals surface area contributed by atoms with Crippen LogP contribution in [0.1, 0.15) is 63.2 Å². The lowest BCUT2D eigenvalue weighted by atomic mass is 9.93. The molecular weight excluding hydrogens is 500 g/mol. The Hall–Kier alpha value is -2.82. The first-order valence-electron chi connectivity index (χ1n) is 13.8. The number of nitrogens with one attached hydrogen (secondary N) is 1. The van der Waals surface area contributed by atoms with Gasteiger partial charge in [0.1, 0.15) is 16.7 Å². The second-order valence-corrected chi connectivity index (χ2v) is 12.4. The van der Waals surface area contributed by atoms with Crippen molar-refractivity contribution >= 4 is 22.4 Å². The Bertz CT molecular complexity index is 1290. The van der Waals surface area contributed by atoms with Crippen LogP contribution in [0.3, 0.4) is 0 Å². The van der Waals surface area contributed by atoms with Gasteiger partial charge in [-0.3, -0.25) is 0 Å². The Morgan fingerprint density at radius 2 is 1.84 bits per heavy atom. The van der Waals surface area contributed by atoms with E-state index in [-0.39, 0.29) is 18.3 Å². The van der Waals surface area contributed by atoms with E-state index in [0.717, 1.165) is 43.0 Å². The molecule has 1 aromatic carbocycles. The van der Waals surface area contributed by atoms with E-state index in [1.807, 2.05) is 42.6 Å². The first kappa shape index (κ1) is 25.5. The second-order valence-electron chi connectivity index (χ2n) is 11.1. The zero-order valence-corrected chi connectivity index (χ0v) is 22.4. The van der Waals surface area contributed by atoms with Gasteiger partial charge in [0.15, 0.2) is 0 Å². The molecule has 0 bridgehead atoms. The van der Waals surface area contributed by atoms with Crippen LogP contribution in [-0.2, 0) is 11.0 Å². The van der Waals surface area contributed by atoms with Crippen molar-refractivity contribution in [2.24, 2.45) is 11.3 Å². The molecule has 3 N–H and O–H groups in total. The van der Waals surface area contributed by atoms with E-state index in [2.05, 4.69) is 19.9 Å². The van der Waals surface area contributed by atoms with E-state index in [4.69, 9.17) is 10.1 Å². The summed E-state index contributed by atoms with van der Waals surface area (Å²) in [5.74, 6) is 0.450. The first-order valence-corrected chi connectivity index (χ1v) is 15.1. The van der Waals surface area contributed by atoms with E-state index in [0.29, 0.717) is 22.5 Å². The Labute approximate surface area is 225 Å². The van der Waals surface area contributed by atoms with Crippen LogP contribution in [0.25, 0.3) is 17.1 Å². The predicted molar refractivity (Wildman–Crippen MR) is 148 cm³/mol. The van der Waals surface area contributed by atoms with Gasteiger partial charge in [-0.15, -0.1) is 5.10 Å². The fourth-order valence-corrected chi connectivity index (χ4v) is 6.63. The van der Waals surface area contributed by atoms with Gasteiger partial charge in [-0.25, -0.2) is 13.9 Å². The predicted octanol–water partition coefficient (Wildman–Crippen LogP) is 4.00. The first-order chi connectivity index (χ1) is 18.5. The maximum atomic E-state index is 12.2. The number of pyridine rings is 1. The fraction of sp³-hybridized carbons (Fsp3) is 0.536. The lowest BCUT2D eigenvalue weighted by Crippen LogP contribution is -2.35. The average molecular weight is 537 g/mol. The van der Waals surface area contributed by atoms with Crippen LogP contribution in [0.2, 0.25) is 0 Å². The Morgan fingerprint density at radius 3 is 2.58 bits per heavy atom. The van der Waals surface area contributed by atoms with E-state index in [1.165, 1.54) is 38.5 Å². The van der Waals surface area contributed by atoms with Gasteiger partial charge in [0.05, 0.1) is 47.4 Å². The number of hydrogen-bond acceptors (Lipinski definition) is 7. The molecule has 38 heavy (non-hydrogen) atoms. The molecule has 2 atom stereocenters. The standard InChI is InChI=1S/C28H36N6O3S/c35-16-17-38(37)31-21-8-9-25(26(18-21)33-14-12-28(10-11-28)13-15-33)34-19-24(30-32-34)22-6-3-7-23(29-22)27(36)20-4-1-2-5-20/h3,6-9,18-20,27,31,35-36H,1-2,4-5,10-17H2. The third kappa shape index (κ3) is 5.34. The second kappa shape index (κ2) is 10.7. The highest BCUT2D eigenvalue weighted by Gasteiger charge is 2.44. The van der Waals surface area contributed by atoms with Gasteiger partial charge < -0.3 is 19.8 Å². The molecule has 3 aromatic rings. The van der Waals surface area contributed by atoms with Crippen LogP contribution >= 0.6 is 0 Å². The fourth-order valence-electron chi connectivity index (χ4n) is 5.97. The minimum Gasteiger partial charge on any atom is -0.395 e. The summed E-state index contributed by atoms with van der Waals surface area (Å²) in [5, 5.41) is 28.9. The summed E-state index contributed by atoms with van der Waals surface area (Å²) in [6, 6.07) is 11.6. The van der Waals surface area contributed by atoms with Gasteiger partial charge in [0.2, 0.25) is 0 Å². The highest BCUT2D eigenvalue weighted by atomic mass is 32.2. The summed E-state index contributed by atoms with van der Waals surface area (Å²) in [7, 11) is -1.35. The molecule has 9 nitrogen and oxygen atoms in total. The maximum absolute atomic E-state index is 12.2. The number of benzene rings is 1. The smallest absolute Gasteiger partial charge is 0.131 e. The van der Waals surface area contributed by atoms with E-state index in [9.17, 15) is 9.32 Å². The van der Waals surface area contributed by atoms with Gasteiger partial charge in [-0.1, -0.05) is 24.1 Å². The van der Waals surface area contributed by atoms with Crippen LogP contribution in [0.15, 0.2) is 42.6 Å². The van der Waals surface area contributed by atoms with Gasteiger partial charge in [-0.05, 0) is 80.2 Å². The summed E-state index contributed by atoms with van der Waals surface area (Å²) in [6.07, 6.45) is 10.8. The molecule has 2 saturated carbocycles. The number of rotatable bonds is 9. The third-order valence-electron chi connectivity index (χ3n) is 8.53. The maximum Gasteiger partial charge on any atom is 0.131 e. The van der Waals surface area contributed by atoms with Crippen LogP contribution in [0, 0.1) is 11.3 Å². The molecule has 0 amide bonds. The van der Waals surface area contributed by atoms with Crippen molar-refractivity contribution in [1.82, 2.24) is 20.0 Å². The monoisotopic (exact) mass is 536 g/mol. The van der Waals surface area contributed by atoms with Crippen LogP contribution in [-0.4, -0.2) is 59.8 Å². The van der Waals surface area contributed by atoms with E-state index >= 15 is 0 Å². The van der Waals surface area contributed by atoms with Crippen molar-refractivity contribution in [2.75, 3.05) is 35.1 Å². The largest absolute Gasteiger partial charge is 0.395 e. The van der Waals surface area contributed by atoms with Gasteiger partial charge in [0.25, 0.3) is 0 Å². The molecule has 1 saturated heterocycles. The number of piperidine rings is 1. The van der Waals surface area contributed by atoms with E-state index in [1.54, 1.807) is 4.68 Å². The number of aliphatic hydroxyl groups is 2. The minimum atomic E-state index is -1.35. The molecule has 6 rings (SSSR count). The zero-order chi connectivity index (χ0) is 26.1. The molecule has 202 valence electrons. The number of aliphatic hydroxyl groups excluding tert-OH is 2. The summed E-state index contributed by atoms with van der Waals surface area (Å²) < 4.78 is 17.0. The molecule has 2 aromatic heterocycles. The van der Waals surface area contributed by atoms with Gasteiger partial charge >= 0.3 is 0 Å². The topological polar surface area (TPSA) is 116 Å². The normalized spacial score (nSPS) is 20.5. The lowest BCUT2D eigenvalue weighted by Gasteiger charge is -2.35. The van der Waals surface area contributed by atoms with Crippen molar-refractivity contribution in [2.45, 2.75) is 57.5 Å². The van der Waals surface area contributed by atoms with Gasteiger partial charge in [-0.2, -0.15) is 0 Å². The van der Waals surface area contributed by atoms with Crippen molar-refractivity contribution < 1.29 is 14.4 Å². The molecule has 1 aliphatic heterocycles. The molecule has 10 heteroatoms. The Kier molecular flexibility index (Phi) is 7.20. The minimum absolute atomic E-state index is 0.132. The van der Waals surface area contributed by atoms with Crippen molar-refractivity contribution in [3.63, 3.8) is 0 Å². The summed E-state index contributed by atoms with van der Waals surface area (Å²) in [5.41, 5.74) is 5.25. The number of aromatic nitrogens is 4. The number of anilines is 2. The summed E-state index contributed by atoms with van der Waals surface area (Å²) >= 11 is 0. The van der Waals surface area contributed by atoms with Crippen molar-refractivity contribution in [1.29, 1.82) is 0 Å². The lowest BCUT2D eigenvalue weighted by molar-refractivity contribution is 0.107. The van der Waals surface area contributed by atoms with Crippen molar-refractivity contribution in [3.8, 4) is 17.1 Å². The van der Waals surface area contributed by atoms with Crippen molar-refractivity contribution in [3.05, 3.63) is 48.3 Å². The molecule has 0 radical (unpaired) electrons. The molecule has 1 spiro atoms. The van der Waals surface area contributed by atoms with Gasteiger partial charge in [0, 0.05) is 18.8 Å². The molecule has 3 heterocycles. The van der Waals surface area contributed by atoms with E-state index < -0.39 is 17.1 Å². The van der Waals surface area contributed by atoms with Crippen LogP contribution in [0.4, 0.5) is 11.4 Å². The average Bonchev–Trinajstić information content (AvgIpc) is 3.32. The molecule has 3 fully saturated rings. The molecule has 2 aliphatic carbocycles. The molecule has 2 unspecified atom stereocenters. The Balaban J connectivity index is 1.28. The molecular formula is C28H36N6O3S. The molecule has 3 aliphatic rings. The summed E-state index contributed by atoms with van der Waals surface area (Å²) in [6.45, 7) is 1.81. The number of nitrogens with zero attached hydrogens (tertiary/aromatic N) is 5. The Morgan fingerprint density at radius 1 is 1.05 bits per heavy atom. The number of hydrogen-bond donors (Lipinski definition) is 3. The van der Waals surface area contributed by atoms with Crippen LogP contribution in [0.5, 0.6) is 0 Å². The van der Waals surface area contributed by atoms with Crippen LogP contribution < -0.4 is 9.62 Å². The quantitative estimate of drug-likeness (QED) is 0.378. The highest BCUT2D eigenvalue weighted by molar-refractivity contribution is 7.86. The SMILES string of the molecule is O=S(CCO)Nc1ccc(-n2cc(-c3cccc(C(O)C4CCCC4)n3)nn2)c(N2CCC3(CC2)CC3)c1. The highest BCUT2D eigenvalue weighted by Crippen LogP contribution is 2.54.